The van der Waals surface area contributed by atoms with Gasteiger partial charge >= 0.3 is 0 Å². The molecule has 4 rings (SSSR count). The summed E-state index contributed by atoms with van der Waals surface area (Å²) in [6.07, 6.45) is 3.45. The fourth-order valence-electron chi connectivity index (χ4n) is 3.64. The first-order chi connectivity index (χ1) is 12.2. The third-order valence-corrected chi connectivity index (χ3v) is 5.18. The topological polar surface area (TPSA) is 41.6 Å². The smallest absolute Gasteiger partial charge is 0.253 e. The minimum atomic E-state index is 0.101. The summed E-state index contributed by atoms with van der Waals surface area (Å²) in [6, 6.07) is 15.6. The number of nitrogens with zero attached hydrogens (tertiary/aromatic N) is 1. The second-order valence-corrected chi connectivity index (χ2v) is 7.20. The first-order valence-electron chi connectivity index (χ1n) is 8.76. The molecule has 2 aliphatic rings. The largest absolute Gasteiger partial charge is 0.457 e. The monoisotopic (exact) mass is 356 g/mol. The van der Waals surface area contributed by atoms with Crippen LogP contribution in [-0.4, -0.2) is 36.0 Å². The molecular formula is C20H21ClN2O2. The van der Waals surface area contributed by atoms with Crippen LogP contribution in [0.15, 0.2) is 48.5 Å². The van der Waals surface area contributed by atoms with Crippen LogP contribution in [0.25, 0.3) is 0 Å². The number of amides is 1. The number of nitrogens with one attached hydrogen (secondary N) is 1. The van der Waals surface area contributed by atoms with Crippen LogP contribution in [0.5, 0.6) is 11.5 Å². The molecule has 130 valence electrons. The number of carbonyl (C=O) groups is 1. The van der Waals surface area contributed by atoms with E-state index in [9.17, 15) is 4.79 Å². The van der Waals surface area contributed by atoms with Crippen LogP contribution in [0.2, 0.25) is 5.02 Å². The Labute approximate surface area is 152 Å². The molecule has 0 aliphatic carbocycles. The van der Waals surface area contributed by atoms with Crippen molar-refractivity contribution in [3.05, 3.63) is 59.1 Å². The molecule has 2 bridgehead atoms. The summed E-state index contributed by atoms with van der Waals surface area (Å²) in [5.41, 5.74) is 0.705. The molecule has 2 aromatic carbocycles. The van der Waals surface area contributed by atoms with Crippen LogP contribution in [-0.2, 0) is 0 Å². The first kappa shape index (κ1) is 16.4. The van der Waals surface area contributed by atoms with Crippen molar-refractivity contribution in [2.75, 3.05) is 13.1 Å². The van der Waals surface area contributed by atoms with E-state index in [0.717, 1.165) is 19.5 Å². The Bertz CT molecular complexity index is 763. The Morgan fingerprint density at radius 1 is 1.04 bits per heavy atom. The van der Waals surface area contributed by atoms with E-state index in [4.69, 9.17) is 16.3 Å². The predicted molar refractivity (Wildman–Crippen MR) is 98.4 cm³/mol. The first-order valence-corrected chi connectivity index (χ1v) is 9.14. The lowest BCUT2D eigenvalue weighted by Gasteiger charge is -2.24. The van der Waals surface area contributed by atoms with E-state index in [-0.39, 0.29) is 5.91 Å². The molecule has 0 aromatic heterocycles. The van der Waals surface area contributed by atoms with Crippen LogP contribution >= 0.6 is 11.6 Å². The van der Waals surface area contributed by atoms with Gasteiger partial charge in [0.05, 0.1) is 0 Å². The van der Waals surface area contributed by atoms with Gasteiger partial charge in [0.2, 0.25) is 0 Å². The normalized spacial score (nSPS) is 22.5. The quantitative estimate of drug-likeness (QED) is 0.900. The number of rotatable bonds is 3. The van der Waals surface area contributed by atoms with Crippen LogP contribution < -0.4 is 10.1 Å². The summed E-state index contributed by atoms with van der Waals surface area (Å²) < 4.78 is 5.78. The van der Waals surface area contributed by atoms with Crippen molar-refractivity contribution < 1.29 is 9.53 Å². The second-order valence-electron chi connectivity index (χ2n) is 6.76. The van der Waals surface area contributed by atoms with Gasteiger partial charge in [0.25, 0.3) is 5.91 Å². The molecule has 2 heterocycles. The van der Waals surface area contributed by atoms with Gasteiger partial charge in [-0.25, -0.2) is 0 Å². The zero-order valence-corrected chi connectivity index (χ0v) is 14.7. The predicted octanol–water partition coefficient (Wildman–Crippen LogP) is 4.10. The summed E-state index contributed by atoms with van der Waals surface area (Å²) in [5.74, 6) is 1.47. The number of hydrogen-bond acceptors (Lipinski definition) is 3. The lowest BCUT2D eigenvalue weighted by molar-refractivity contribution is 0.0748. The van der Waals surface area contributed by atoms with Crippen molar-refractivity contribution >= 4 is 17.5 Å². The minimum Gasteiger partial charge on any atom is -0.457 e. The van der Waals surface area contributed by atoms with Crippen LogP contribution in [0.3, 0.4) is 0 Å². The maximum atomic E-state index is 12.8. The van der Waals surface area contributed by atoms with Gasteiger partial charge in [0, 0.05) is 35.8 Å². The molecule has 2 aliphatic heterocycles. The molecule has 0 spiro atoms. The number of hydrogen-bond donors (Lipinski definition) is 1. The maximum absolute atomic E-state index is 12.8. The van der Waals surface area contributed by atoms with Gasteiger partial charge in [-0.1, -0.05) is 17.7 Å². The van der Waals surface area contributed by atoms with Crippen molar-refractivity contribution in [3.63, 3.8) is 0 Å². The number of benzene rings is 2. The summed E-state index contributed by atoms with van der Waals surface area (Å²) in [7, 11) is 0. The van der Waals surface area contributed by atoms with E-state index in [1.165, 1.54) is 12.8 Å². The average Bonchev–Trinajstić information content (AvgIpc) is 2.94. The van der Waals surface area contributed by atoms with Gasteiger partial charge in [0.15, 0.2) is 0 Å². The Morgan fingerprint density at radius 3 is 2.64 bits per heavy atom. The Morgan fingerprint density at radius 2 is 1.84 bits per heavy atom. The lowest BCUT2D eigenvalue weighted by Crippen LogP contribution is -2.39. The highest BCUT2D eigenvalue weighted by Crippen LogP contribution is 2.25. The van der Waals surface area contributed by atoms with E-state index < -0.39 is 0 Å². The Balaban J connectivity index is 1.43. The van der Waals surface area contributed by atoms with E-state index >= 15 is 0 Å². The van der Waals surface area contributed by atoms with Crippen molar-refractivity contribution in [2.45, 2.75) is 31.3 Å². The highest BCUT2D eigenvalue weighted by atomic mass is 35.5. The summed E-state index contributed by atoms with van der Waals surface area (Å²) in [4.78, 5) is 14.8. The van der Waals surface area contributed by atoms with E-state index in [1.54, 1.807) is 12.1 Å². The van der Waals surface area contributed by atoms with Crippen molar-refractivity contribution in [1.29, 1.82) is 0 Å². The highest BCUT2D eigenvalue weighted by Gasteiger charge is 2.31. The Kier molecular flexibility index (Phi) is 4.64. The molecule has 4 nitrogen and oxygen atoms in total. The van der Waals surface area contributed by atoms with E-state index in [0.29, 0.717) is 34.2 Å². The van der Waals surface area contributed by atoms with E-state index in [1.807, 2.05) is 41.3 Å². The molecular weight excluding hydrogens is 336 g/mol. The van der Waals surface area contributed by atoms with Gasteiger partial charge in [-0.15, -0.1) is 0 Å². The second kappa shape index (κ2) is 7.06. The van der Waals surface area contributed by atoms with Gasteiger partial charge in [-0.2, -0.15) is 0 Å². The number of fused-ring (bicyclic) bond motifs is 2. The van der Waals surface area contributed by atoms with Crippen molar-refractivity contribution in [2.24, 2.45) is 0 Å². The lowest BCUT2D eigenvalue weighted by atomic mass is 10.1. The molecule has 5 heteroatoms. The van der Waals surface area contributed by atoms with E-state index in [2.05, 4.69) is 5.32 Å². The molecule has 2 fully saturated rings. The molecule has 1 amide bonds. The van der Waals surface area contributed by atoms with Gasteiger partial charge in [0.1, 0.15) is 11.5 Å². The highest BCUT2D eigenvalue weighted by molar-refractivity contribution is 6.30. The van der Waals surface area contributed by atoms with Gasteiger partial charge < -0.3 is 15.0 Å². The fraction of sp³-hybridized carbons (Fsp3) is 0.350. The van der Waals surface area contributed by atoms with Crippen LogP contribution in [0.4, 0.5) is 0 Å². The molecule has 1 N–H and O–H groups in total. The summed E-state index contributed by atoms with van der Waals surface area (Å²) in [6.45, 7) is 1.63. The fourth-order valence-corrected chi connectivity index (χ4v) is 3.82. The molecule has 2 saturated heterocycles. The molecule has 25 heavy (non-hydrogen) atoms. The Hall–Kier alpha value is -2.04. The summed E-state index contributed by atoms with van der Waals surface area (Å²) in [5, 5.41) is 4.24. The SMILES string of the molecule is O=C(c1ccc(Oc2cccc(Cl)c2)cc1)N1CCC2CCC(C1)N2. The molecule has 2 aromatic rings. The zero-order valence-electron chi connectivity index (χ0n) is 14.0. The molecule has 0 saturated carbocycles. The van der Waals surface area contributed by atoms with Crippen LogP contribution in [0, 0.1) is 0 Å². The van der Waals surface area contributed by atoms with Crippen molar-refractivity contribution in [1.82, 2.24) is 10.2 Å². The third-order valence-electron chi connectivity index (χ3n) is 4.94. The summed E-state index contributed by atoms with van der Waals surface area (Å²) >= 11 is 5.97. The number of likely N-dealkylation sites (tertiary alicyclic amines) is 1. The number of halogens is 1. The standard InChI is InChI=1S/C20H21ClN2O2/c21-15-2-1-3-19(12-15)25-18-8-4-14(5-9-18)20(24)23-11-10-16-6-7-17(13-23)22-16/h1-5,8-9,12,16-17,22H,6-7,10-11,13H2. The molecule has 0 radical (unpaired) electrons. The van der Waals surface area contributed by atoms with Crippen LogP contribution in [0.1, 0.15) is 29.6 Å². The number of carbonyl (C=O) groups excluding carboxylic acids is 1. The maximum Gasteiger partial charge on any atom is 0.253 e. The average molecular weight is 357 g/mol. The van der Waals surface area contributed by atoms with Crippen molar-refractivity contribution in [3.8, 4) is 11.5 Å². The number of ether oxygens (including phenoxy) is 1. The van der Waals surface area contributed by atoms with Gasteiger partial charge in [-0.05, 0) is 61.7 Å². The third kappa shape index (κ3) is 3.80. The zero-order chi connectivity index (χ0) is 17.2. The molecule has 2 unspecified atom stereocenters. The molecule has 2 atom stereocenters. The minimum absolute atomic E-state index is 0.101. The van der Waals surface area contributed by atoms with Gasteiger partial charge in [-0.3, -0.25) is 4.79 Å².